The molecule has 4 rings (SSSR count). The third-order valence-electron chi connectivity index (χ3n) is 5.55. The Hall–Kier alpha value is -3.07. The number of piperidine rings is 1. The number of amides is 1. The van der Waals surface area contributed by atoms with E-state index < -0.39 is 11.8 Å². The second-order valence-corrected chi connectivity index (χ2v) is 7.28. The molecule has 0 radical (unpaired) electrons. The van der Waals surface area contributed by atoms with Crippen molar-refractivity contribution in [3.8, 4) is 11.4 Å². The summed E-state index contributed by atoms with van der Waals surface area (Å²) in [5.74, 6) is 2.65. The van der Waals surface area contributed by atoms with Crippen LogP contribution in [0.15, 0.2) is 41.3 Å². The van der Waals surface area contributed by atoms with Crippen LogP contribution in [0.25, 0.3) is 5.69 Å². The van der Waals surface area contributed by atoms with E-state index in [1.54, 1.807) is 24.4 Å². The molecule has 1 saturated heterocycles. The molecule has 9 nitrogen and oxygen atoms in total. The molecule has 2 fully saturated rings. The van der Waals surface area contributed by atoms with Crippen molar-refractivity contribution < 1.29 is 14.6 Å². The summed E-state index contributed by atoms with van der Waals surface area (Å²) in [7, 11) is 0. The topological polar surface area (TPSA) is 123 Å². The highest BCUT2D eigenvalue weighted by molar-refractivity contribution is 5.64. The number of hydrogen-bond donors (Lipinski definition) is 3. The monoisotopic (exact) mass is 385 g/mol. The van der Waals surface area contributed by atoms with E-state index >= 15 is 0 Å². The number of aromatic nitrogens is 2. The minimum Gasteiger partial charge on any atom is -0.492 e. The molecule has 2 heterocycles. The first-order chi connectivity index (χ1) is 13.5. The zero-order valence-electron chi connectivity index (χ0n) is 15.3. The molecule has 1 aromatic carbocycles. The third-order valence-corrected chi connectivity index (χ3v) is 5.55. The SMILES string of the molecule is Nc1ccn(-c2ccc(OCCN3CC4C(CNC(=O)O)C4C3)cc2)c(=O)n1. The molecule has 1 amide bonds. The first kappa shape index (κ1) is 18.3. The van der Waals surface area contributed by atoms with Gasteiger partial charge in [-0.05, 0) is 48.1 Å². The molecule has 1 aliphatic heterocycles. The fraction of sp³-hybridized carbons (Fsp3) is 0.421. The van der Waals surface area contributed by atoms with Crippen molar-refractivity contribution in [2.75, 3.05) is 38.5 Å². The summed E-state index contributed by atoms with van der Waals surface area (Å²) in [5, 5.41) is 11.2. The van der Waals surface area contributed by atoms with Gasteiger partial charge in [-0.25, -0.2) is 9.59 Å². The molecule has 2 atom stereocenters. The van der Waals surface area contributed by atoms with Gasteiger partial charge in [0, 0.05) is 32.4 Å². The van der Waals surface area contributed by atoms with E-state index in [0.717, 1.165) is 25.4 Å². The van der Waals surface area contributed by atoms with Crippen LogP contribution in [0.3, 0.4) is 0 Å². The Labute approximate surface area is 161 Å². The lowest BCUT2D eigenvalue weighted by molar-refractivity contribution is 0.191. The number of nitrogens with one attached hydrogen (secondary N) is 1. The zero-order valence-corrected chi connectivity index (χ0v) is 15.3. The van der Waals surface area contributed by atoms with Crippen LogP contribution in [-0.2, 0) is 0 Å². The van der Waals surface area contributed by atoms with Gasteiger partial charge in [-0.15, -0.1) is 0 Å². The zero-order chi connectivity index (χ0) is 19.7. The van der Waals surface area contributed by atoms with Crippen LogP contribution in [0.2, 0.25) is 0 Å². The van der Waals surface area contributed by atoms with Gasteiger partial charge >= 0.3 is 11.8 Å². The van der Waals surface area contributed by atoms with Gasteiger partial charge in [0.2, 0.25) is 0 Å². The van der Waals surface area contributed by atoms with Crippen LogP contribution in [0.4, 0.5) is 10.6 Å². The Bertz CT molecular complexity index is 901. The number of likely N-dealkylation sites (tertiary alicyclic amines) is 1. The van der Waals surface area contributed by atoms with Crippen molar-refractivity contribution in [2.24, 2.45) is 17.8 Å². The van der Waals surface area contributed by atoms with Crippen LogP contribution in [0.1, 0.15) is 0 Å². The number of fused-ring (bicyclic) bond motifs is 1. The highest BCUT2D eigenvalue weighted by Crippen LogP contribution is 2.51. The highest BCUT2D eigenvalue weighted by Gasteiger charge is 2.54. The van der Waals surface area contributed by atoms with Crippen molar-refractivity contribution in [1.82, 2.24) is 19.8 Å². The maximum atomic E-state index is 11.9. The molecule has 2 unspecified atom stereocenters. The number of rotatable bonds is 7. The van der Waals surface area contributed by atoms with Crippen LogP contribution in [0.5, 0.6) is 5.75 Å². The smallest absolute Gasteiger partial charge is 0.404 e. The van der Waals surface area contributed by atoms with Gasteiger partial charge in [0.15, 0.2) is 0 Å². The molecular formula is C19H23N5O4. The molecule has 4 N–H and O–H groups in total. The minimum atomic E-state index is -0.946. The number of benzene rings is 1. The summed E-state index contributed by atoms with van der Waals surface area (Å²) >= 11 is 0. The Morgan fingerprint density at radius 3 is 2.61 bits per heavy atom. The second kappa shape index (κ2) is 7.51. The van der Waals surface area contributed by atoms with Gasteiger partial charge in [-0.1, -0.05) is 0 Å². The summed E-state index contributed by atoms with van der Waals surface area (Å²) in [5.41, 5.74) is 5.79. The lowest BCUT2D eigenvalue weighted by Gasteiger charge is -2.19. The fourth-order valence-corrected chi connectivity index (χ4v) is 4.04. The van der Waals surface area contributed by atoms with Crippen molar-refractivity contribution >= 4 is 11.9 Å². The van der Waals surface area contributed by atoms with Crippen molar-refractivity contribution in [1.29, 1.82) is 0 Å². The Morgan fingerprint density at radius 2 is 1.96 bits per heavy atom. The average Bonchev–Trinajstić information content (AvgIpc) is 3.11. The quantitative estimate of drug-likeness (QED) is 0.639. The number of nitrogen functional groups attached to an aromatic ring is 1. The van der Waals surface area contributed by atoms with Crippen LogP contribution >= 0.6 is 0 Å². The number of anilines is 1. The molecule has 9 heteroatoms. The maximum Gasteiger partial charge on any atom is 0.404 e. The Kier molecular flexibility index (Phi) is 4.91. The van der Waals surface area contributed by atoms with E-state index in [-0.39, 0.29) is 5.82 Å². The number of nitrogens with two attached hydrogens (primary N) is 1. The normalized spacial score (nSPS) is 23.2. The summed E-state index contributed by atoms with van der Waals surface area (Å²) in [6.07, 6.45) is 0.650. The standard InChI is InChI=1S/C19H23N5O4/c20-17-5-6-24(18(25)22-17)12-1-3-13(4-2-12)28-8-7-23-10-15-14(16(15)11-23)9-21-19(26)27/h1-6,14-16,21H,7-11H2,(H,26,27)(H2,20,22,25). The molecule has 2 aliphatic rings. The predicted molar refractivity (Wildman–Crippen MR) is 103 cm³/mol. The Morgan fingerprint density at radius 1 is 1.25 bits per heavy atom. The summed E-state index contributed by atoms with van der Waals surface area (Å²) in [6.45, 7) is 4.00. The largest absolute Gasteiger partial charge is 0.492 e. The molecular weight excluding hydrogens is 362 g/mol. The van der Waals surface area contributed by atoms with Gasteiger partial charge in [0.25, 0.3) is 0 Å². The minimum absolute atomic E-state index is 0.199. The molecule has 28 heavy (non-hydrogen) atoms. The second-order valence-electron chi connectivity index (χ2n) is 7.28. The van der Waals surface area contributed by atoms with Gasteiger partial charge < -0.3 is 20.9 Å². The molecule has 1 saturated carbocycles. The van der Waals surface area contributed by atoms with Crippen LogP contribution < -0.4 is 21.5 Å². The van der Waals surface area contributed by atoms with Crippen LogP contribution in [-0.4, -0.2) is 58.4 Å². The van der Waals surface area contributed by atoms with E-state index in [9.17, 15) is 9.59 Å². The number of hydrogen-bond acceptors (Lipinski definition) is 6. The lowest BCUT2D eigenvalue weighted by Crippen LogP contribution is -2.32. The van der Waals surface area contributed by atoms with Gasteiger partial charge in [0.1, 0.15) is 18.2 Å². The van der Waals surface area contributed by atoms with E-state index in [0.29, 0.717) is 36.6 Å². The summed E-state index contributed by atoms with van der Waals surface area (Å²) < 4.78 is 7.23. The van der Waals surface area contributed by atoms with Gasteiger partial charge in [-0.2, -0.15) is 4.98 Å². The highest BCUT2D eigenvalue weighted by atomic mass is 16.5. The fourth-order valence-electron chi connectivity index (χ4n) is 4.04. The number of carboxylic acid groups (broad SMARTS) is 1. The van der Waals surface area contributed by atoms with E-state index in [2.05, 4.69) is 15.2 Å². The average molecular weight is 385 g/mol. The van der Waals surface area contributed by atoms with Crippen molar-refractivity contribution in [2.45, 2.75) is 0 Å². The maximum absolute atomic E-state index is 11.9. The lowest BCUT2D eigenvalue weighted by atomic mass is 10.2. The third kappa shape index (κ3) is 3.94. The van der Waals surface area contributed by atoms with Crippen molar-refractivity contribution in [3.63, 3.8) is 0 Å². The molecule has 148 valence electrons. The van der Waals surface area contributed by atoms with Crippen LogP contribution in [0, 0.1) is 17.8 Å². The molecule has 0 spiro atoms. The molecule has 1 aromatic heterocycles. The van der Waals surface area contributed by atoms with Gasteiger partial charge in [0.05, 0.1) is 5.69 Å². The van der Waals surface area contributed by atoms with Crippen molar-refractivity contribution in [3.05, 3.63) is 47.0 Å². The van der Waals surface area contributed by atoms with E-state index in [4.69, 9.17) is 15.6 Å². The number of carbonyl (C=O) groups is 1. The van der Waals surface area contributed by atoms with Gasteiger partial charge in [-0.3, -0.25) is 9.47 Å². The van der Waals surface area contributed by atoms with E-state index in [1.165, 1.54) is 4.57 Å². The molecule has 0 bridgehead atoms. The first-order valence-electron chi connectivity index (χ1n) is 9.29. The Balaban J connectivity index is 1.22. The number of nitrogens with zero attached hydrogens (tertiary/aromatic N) is 3. The molecule has 2 aromatic rings. The predicted octanol–water partition coefficient (Wildman–Crippen LogP) is 0.639. The first-order valence-corrected chi connectivity index (χ1v) is 9.29. The summed E-state index contributed by atoms with van der Waals surface area (Å²) in [6, 6.07) is 8.84. The molecule has 1 aliphatic carbocycles. The number of ether oxygens (including phenoxy) is 1. The van der Waals surface area contributed by atoms with E-state index in [1.807, 2.05) is 12.1 Å². The summed E-state index contributed by atoms with van der Waals surface area (Å²) in [4.78, 5) is 28.5.